The summed E-state index contributed by atoms with van der Waals surface area (Å²) in [5.74, 6) is 0.714. The van der Waals surface area contributed by atoms with Crippen LogP contribution < -0.4 is 10.6 Å². The van der Waals surface area contributed by atoms with Crippen LogP contribution in [0.5, 0.6) is 0 Å². The Balaban J connectivity index is 1.92. The molecule has 1 aliphatic heterocycles. The quantitative estimate of drug-likeness (QED) is 0.769. The second-order valence-corrected chi connectivity index (χ2v) is 8.29. The summed E-state index contributed by atoms with van der Waals surface area (Å²) in [7, 11) is 0. The van der Waals surface area contributed by atoms with Gasteiger partial charge in [-0.2, -0.15) is 4.98 Å². The maximum Gasteiger partial charge on any atom is 0.222 e. The van der Waals surface area contributed by atoms with E-state index in [1.54, 1.807) is 6.07 Å². The third-order valence-corrected chi connectivity index (χ3v) is 5.29. The number of nitrogens with two attached hydrogens (primary N) is 1. The number of carbonyl (C=O) groups is 1. The largest absolute Gasteiger partial charge is 0.383 e. The van der Waals surface area contributed by atoms with E-state index in [0.717, 1.165) is 35.6 Å². The highest BCUT2D eigenvalue weighted by atomic mass is 35.5. The number of Topliss-reactive ketones (excluding diaryl/α,β-unsaturated/α-hetero) is 1. The summed E-state index contributed by atoms with van der Waals surface area (Å²) in [4.78, 5) is 22.8. The molecule has 1 atom stereocenters. The standard InChI is InChI=1S/C21H27ClN4O3/c1-13-9-19(25-20(23)24-13)26-7-4-8-29-12-17(26)15-6-5-14(10-16(15)22)11-18(27)21(2,3)28/h5-6,9-10,17,28H,4,7-8,11-12H2,1-3H3,(H2,23,24,25)/t17-/m0/s1. The fraction of sp³-hybridized carbons (Fsp3) is 0.476. The number of ketones is 1. The number of nitrogens with zero attached hydrogens (tertiary/aromatic N) is 3. The van der Waals surface area contributed by atoms with E-state index >= 15 is 0 Å². The van der Waals surface area contributed by atoms with Gasteiger partial charge < -0.3 is 20.5 Å². The molecule has 0 spiro atoms. The van der Waals surface area contributed by atoms with Gasteiger partial charge in [0.15, 0.2) is 5.78 Å². The number of aryl methyl sites for hydroxylation is 1. The van der Waals surface area contributed by atoms with Crippen LogP contribution >= 0.6 is 11.6 Å². The fourth-order valence-corrected chi connectivity index (χ4v) is 3.71. The zero-order valence-corrected chi connectivity index (χ0v) is 17.7. The highest BCUT2D eigenvalue weighted by Gasteiger charge is 2.28. The molecule has 1 aromatic heterocycles. The highest BCUT2D eigenvalue weighted by Crippen LogP contribution is 2.33. The van der Waals surface area contributed by atoms with Gasteiger partial charge in [0, 0.05) is 36.4 Å². The third-order valence-electron chi connectivity index (χ3n) is 4.96. The first-order valence-corrected chi connectivity index (χ1v) is 10.0. The van der Waals surface area contributed by atoms with E-state index in [0.29, 0.717) is 18.2 Å². The molecule has 0 amide bonds. The average molecular weight is 419 g/mol. The van der Waals surface area contributed by atoms with E-state index in [-0.39, 0.29) is 24.2 Å². The normalized spacial score (nSPS) is 17.8. The summed E-state index contributed by atoms with van der Waals surface area (Å²) in [5, 5.41) is 10.4. The molecular weight excluding hydrogens is 392 g/mol. The van der Waals surface area contributed by atoms with Crippen molar-refractivity contribution in [2.75, 3.05) is 30.4 Å². The maximum absolute atomic E-state index is 12.1. The van der Waals surface area contributed by atoms with Crippen molar-refractivity contribution in [1.29, 1.82) is 0 Å². The van der Waals surface area contributed by atoms with Crippen LogP contribution in [0.25, 0.3) is 0 Å². The van der Waals surface area contributed by atoms with Gasteiger partial charge in [0.1, 0.15) is 11.4 Å². The van der Waals surface area contributed by atoms with Crippen LogP contribution in [0.3, 0.4) is 0 Å². The van der Waals surface area contributed by atoms with Crippen LogP contribution in [0.1, 0.15) is 43.1 Å². The molecule has 3 rings (SSSR count). The number of hydrogen-bond donors (Lipinski definition) is 2. The SMILES string of the molecule is Cc1cc(N2CCCOC[C@H]2c2ccc(CC(=O)C(C)(C)O)cc2Cl)nc(N)n1. The molecule has 29 heavy (non-hydrogen) atoms. The first-order chi connectivity index (χ1) is 13.6. The molecule has 1 fully saturated rings. The Kier molecular flexibility index (Phi) is 6.41. The lowest BCUT2D eigenvalue weighted by Crippen LogP contribution is -2.33. The van der Waals surface area contributed by atoms with Gasteiger partial charge in [0.2, 0.25) is 5.95 Å². The van der Waals surface area contributed by atoms with Crippen molar-refractivity contribution >= 4 is 29.2 Å². The third kappa shape index (κ3) is 5.23. The molecule has 3 N–H and O–H groups in total. The molecule has 156 valence electrons. The van der Waals surface area contributed by atoms with E-state index in [1.165, 1.54) is 13.8 Å². The summed E-state index contributed by atoms with van der Waals surface area (Å²) in [6.07, 6.45) is 0.977. The molecule has 0 bridgehead atoms. The minimum Gasteiger partial charge on any atom is -0.383 e. The predicted molar refractivity (Wildman–Crippen MR) is 113 cm³/mol. The number of halogens is 1. The lowest BCUT2D eigenvalue weighted by Gasteiger charge is -2.31. The molecule has 1 aliphatic rings. The molecule has 2 heterocycles. The Bertz CT molecular complexity index is 878. The van der Waals surface area contributed by atoms with Crippen molar-refractivity contribution in [2.45, 2.75) is 45.3 Å². The Hall–Kier alpha value is -2.22. The zero-order valence-electron chi connectivity index (χ0n) is 17.0. The van der Waals surface area contributed by atoms with E-state index in [1.807, 2.05) is 25.1 Å². The van der Waals surface area contributed by atoms with Crippen molar-refractivity contribution in [2.24, 2.45) is 0 Å². The van der Waals surface area contributed by atoms with Crippen molar-refractivity contribution < 1.29 is 14.6 Å². The van der Waals surface area contributed by atoms with Gasteiger partial charge in [-0.25, -0.2) is 4.98 Å². The Labute approximate surface area is 175 Å². The van der Waals surface area contributed by atoms with Crippen LogP contribution in [0.15, 0.2) is 24.3 Å². The lowest BCUT2D eigenvalue weighted by atomic mass is 9.95. The molecule has 0 radical (unpaired) electrons. The summed E-state index contributed by atoms with van der Waals surface area (Å²) in [6, 6.07) is 7.33. The number of anilines is 2. The number of benzene rings is 1. The summed E-state index contributed by atoms with van der Waals surface area (Å²) < 4.78 is 5.81. The Morgan fingerprint density at radius 2 is 2.14 bits per heavy atom. The molecule has 2 aromatic rings. The smallest absolute Gasteiger partial charge is 0.222 e. The van der Waals surface area contributed by atoms with Crippen LogP contribution in [0.4, 0.5) is 11.8 Å². The molecule has 0 saturated carbocycles. The van der Waals surface area contributed by atoms with Gasteiger partial charge in [-0.1, -0.05) is 23.7 Å². The number of ether oxygens (including phenoxy) is 1. The molecule has 1 saturated heterocycles. The van der Waals surface area contributed by atoms with Crippen LogP contribution in [0, 0.1) is 6.92 Å². The summed E-state index contributed by atoms with van der Waals surface area (Å²) in [5.41, 5.74) is 6.93. The van der Waals surface area contributed by atoms with Crippen molar-refractivity contribution in [3.63, 3.8) is 0 Å². The molecule has 0 aliphatic carbocycles. The first kappa shape index (κ1) is 21.5. The summed E-state index contributed by atoms with van der Waals surface area (Å²) in [6.45, 7) is 6.72. The molecule has 7 nitrogen and oxygen atoms in total. The maximum atomic E-state index is 12.1. The van der Waals surface area contributed by atoms with E-state index in [9.17, 15) is 9.90 Å². The van der Waals surface area contributed by atoms with Gasteiger partial charge in [-0.15, -0.1) is 0 Å². The van der Waals surface area contributed by atoms with E-state index < -0.39 is 5.60 Å². The van der Waals surface area contributed by atoms with Crippen LogP contribution in [-0.4, -0.2) is 46.2 Å². The average Bonchev–Trinajstić information content (AvgIpc) is 2.86. The molecule has 8 heteroatoms. The highest BCUT2D eigenvalue weighted by molar-refractivity contribution is 6.31. The van der Waals surface area contributed by atoms with E-state index in [4.69, 9.17) is 22.1 Å². The van der Waals surface area contributed by atoms with Crippen LogP contribution in [0.2, 0.25) is 5.02 Å². The minimum atomic E-state index is -1.37. The number of aliphatic hydroxyl groups is 1. The number of nitrogen functional groups attached to an aromatic ring is 1. The van der Waals surface area contributed by atoms with Crippen LogP contribution in [-0.2, 0) is 16.0 Å². The minimum absolute atomic E-state index is 0.121. The van der Waals surface area contributed by atoms with Gasteiger partial charge in [0.25, 0.3) is 0 Å². The number of rotatable bonds is 5. The van der Waals surface area contributed by atoms with Gasteiger partial charge in [-0.05, 0) is 44.4 Å². The van der Waals surface area contributed by atoms with E-state index in [2.05, 4.69) is 14.9 Å². The molecule has 1 aromatic carbocycles. The second kappa shape index (κ2) is 8.65. The Morgan fingerprint density at radius 1 is 1.38 bits per heavy atom. The molecule has 0 unspecified atom stereocenters. The van der Waals surface area contributed by atoms with Gasteiger partial charge in [0.05, 0.1) is 12.6 Å². The monoisotopic (exact) mass is 418 g/mol. The predicted octanol–water partition coefficient (Wildman–Crippen LogP) is 2.87. The number of carbonyl (C=O) groups excluding carboxylic acids is 1. The summed E-state index contributed by atoms with van der Waals surface area (Å²) >= 11 is 6.62. The first-order valence-electron chi connectivity index (χ1n) is 9.64. The van der Waals surface area contributed by atoms with Crippen molar-refractivity contribution in [3.8, 4) is 0 Å². The number of hydrogen-bond acceptors (Lipinski definition) is 7. The Morgan fingerprint density at radius 3 is 2.79 bits per heavy atom. The zero-order chi connectivity index (χ0) is 21.2. The van der Waals surface area contributed by atoms with Gasteiger partial charge >= 0.3 is 0 Å². The molecular formula is C21H27ClN4O3. The van der Waals surface area contributed by atoms with Crippen molar-refractivity contribution in [3.05, 3.63) is 46.1 Å². The fourth-order valence-electron chi connectivity index (χ4n) is 3.38. The second-order valence-electron chi connectivity index (χ2n) is 7.88. The topological polar surface area (TPSA) is 102 Å². The van der Waals surface area contributed by atoms with Crippen molar-refractivity contribution in [1.82, 2.24) is 9.97 Å². The lowest BCUT2D eigenvalue weighted by molar-refractivity contribution is -0.133. The van der Waals surface area contributed by atoms with Gasteiger partial charge in [-0.3, -0.25) is 4.79 Å². The number of aromatic nitrogens is 2.